The Labute approximate surface area is 96.9 Å². The van der Waals surface area contributed by atoms with Gasteiger partial charge in [0.15, 0.2) is 5.57 Å². The van der Waals surface area contributed by atoms with Crippen molar-refractivity contribution in [3.05, 3.63) is 10.5 Å². The Bertz CT molecular complexity index is 324. The normalized spacial score (nSPS) is 14.7. The third-order valence-electron chi connectivity index (χ3n) is 1.46. The van der Waals surface area contributed by atoms with E-state index in [1.54, 1.807) is 0 Å². The van der Waals surface area contributed by atoms with Crippen LogP contribution in [0.1, 0.15) is 0 Å². The molecule has 0 atom stereocenters. The molecule has 0 nitrogen and oxygen atoms in total. The molecule has 0 amide bonds. The van der Waals surface area contributed by atoms with E-state index in [-0.39, 0.29) is 0 Å². The van der Waals surface area contributed by atoms with Crippen LogP contribution in [0, 0.1) is 0 Å². The number of hydrogen-bond acceptors (Lipinski definition) is 1. The molecule has 0 spiro atoms. The molecule has 0 heterocycles. The van der Waals surface area contributed by atoms with Gasteiger partial charge in [0.25, 0.3) is 0 Å². The summed E-state index contributed by atoms with van der Waals surface area (Å²) < 4.78 is 131. The minimum atomic E-state index is -6.63. The van der Waals surface area contributed by atoms with Gasteiger partial charge >= 0.3 is 24.5 Å². The Morgan fingerprint density at radius 3 is 1.06 bits per heavy atom. The zero-order valence-corrected chi connectivity index (χ0v) is 8.50. The molecule has 108 valence electrons. The fourth-order valence-corrected chi connectivity index (χ4v) is 1.10. The second kappa shape index (κ2) is 4.46. The summed E-state index contributed by atoms with van der Waals surface area (Å²) in [7, 11) is 0. The predicted octanol–water partition coefficient (Wildman–Crippen LogP) is 4.49. The van der Waals surface area contributed by atoms with E-state index in [2.05, 4.69) is 12.6 Å². The van der Waals surface area contributed by atoms with Gasteiger partial charge < -0.3 is 0 Å². The Kier molecular flexibility index (Phi) is 4.29. The van der Waals surface area contributed by atoms with E-state index in [1.165, 1.54) is 0 Å². The minimum Gasteiger partial charge on any atom is -0.190 e. The molecule has 0 unspecified atom stereocenters. The summed E-state index contributed by atoms with van der Waals surface area (Å²) in [5.74, 6) is -6.36. The maximum Gasteiger partial charge on any atom is 0.458 e. The number of alkyl halides is 11. The summed E-state index contributed by atoms with van der Waals surface area (Å²) in [5.41, 5.74) is -4.00. The highest BCUT2D eigenvalue weighted by molar-refractivity contribution is 7.84. The molecule has 18 heavy (non-hydrogen) atoms. The third kappa shape index (κ3) is 3.42. The highest BCUT2D eigenvalue weighted by Gasteiger charge is 2.65. The average Bonchev–Trinajstić information content (AvgIpc) is 1.95. The first kappa shape index (κ1) is 17.3. The average molecular weight is 314 g/mol. The zero-order valence-electron chi connectivity index (χ0n) is 7.60. The summed E-state index contributed by atoms with van der Waals surface area (Å²) in [4.78, 5) is -3.45. The van der Waals surface area contributed by atoms with Gasteiger partial charge in [-0.1, -0.05) is 0 Å². The monoisotopic (exact) mass is 314 g/mol. The van der Waals surface area contributed by atoms with Gasteiger partial charge in [-0.3, -0.25) is 0 Å². The van der Waals surface area contributed by atoms with Crippen molar-refractivity contribution in [2.24, 2.45) is 0 Å². The van der Waals surface area contributed by atoms with Gasteiger partial charge in [-0.05, 0) is 0 Å². The van der Waals surface area contributed by atoms with Crippen LogP contribution in [0.4, 0.5) is 48.3 Å². The van der Waals surface area contributed by atoms with E-state index in [0.717, 1.165) is 0 Å². The van der Waals surface area contributed by atoms with Crippen LogP contribution in [-0.4, -0.2) is 24.5 Å². The van der Waals surface area contributed by atoms with E-state index < -0.39 is 34.9 Å². The molecule has 0 aliphatic heterocycles. The van der Waals surface area contributed by atoms with E-state index in [0.29, 0.717) is 0 Å². The molecule has 12 heteroatoms. The second-order valence-corrected chi connectivity index (χ2v) is 3.24. The molecule has 0 bridgehead atoms. The summed E-state index contributed by atoms with van der Waals surface area (Å²) in [5, 5.41) is 0. The van der Waals surface area contributed by atoms with Gasteiger partial charge in [0.2, 0.25) is 0 Å². The van der Waals surface area contributed by atoms with Crippen molar-refractivity contribution < 1.29 is 48.3 Å². The van der Waals surface area contributed by atoms with Crippen LogP contribution in [0.25, 0.3) is 0 Å². The van der Waals surface area contributed by atoms with Crippen molar-refractivity contribution in [1.29, 1.82) is 0 Å². The van der Waals surface area contributed by atoms with Gasteiger partial charge in [0, 0.05) is 0 Å². The van der Waals surface area contributed by atoms with Gasteiger partial charge in [-0.25, -0.2) is 0 Å². The van der Waals surface area contributed by atoms with Crippen molar-refractivity contribution in [3.63, 3.8) is 0 Å². The number of rotatable bonds is 1. The van der Waals surface area contributed by atoms with Gasteiger partial charge in [-0.2, -0.15) is 48.3 Å². The maximum absolute atomic E-state index is 12.4. The van der Waals surface area contributed by atoms with Crippen molar-refractivity contribution in [3.8, 4) is 0 Å². The van der Waals surface area contributed by atoms with Crippen molar-refractivity contribution in [1.82, 2.24) is 0 Å². The topological polar surface area (TPSA) is 0 Å². The summed E-state index contributed by atoms with van der Waals surface area (Å²) in [6, 6.07) is 0. The number of thiol groups is 1. The largest absolute Gasteiger partial charge is 0.458 e. The molecule has 0 aromatic heterocycles. The highest BCUT2D eigenvalue weighted by atomic mass is 32.1. The smallest absolute Gasteiger partial charge is 0.190 e. The van der Waals surface area contributed by atoms with Crippen LogP contribution in [-0.2, 0) is 0 Å². The molecule has 0 N–H and O–H groups in total. The van der Waals surface area contributed by atoms with E-state index in [4.69, 9.17) is 0 Å². The first-order valence-electron chi connectivity index (χ1n) is 3.55. The molecule has 0 aromatic carbocycles. The lowest BCUT2D eigenvalue weighted by Gasteiger charge is -2.24. The molecule has 0 aliphatic rings. The lowest BCUT2D eigenvalue weighted by molar-refractivity contribution is -0.264. The fourth-order valence-electron chi connectivity index (χ4n) is 0.720. The van der Waals surface area contributed by atoms with Gasteiger partial charge in [-0.15, -0.1) is 12.6 Å². The predicted molar refractivity (Wildman–Crippen MR) is 39.1 cm³/mol. The molecule has 0 saturated carbocycles. The Balaban J connectivity index is 6.11. The third-order valence-corrected chi connectivity index (χ3v) is 1.96. The second-order valence-electron chi connectivity index (χ2n) is 2.79. The summed E-state index contributed by atoms with van der Waals surface area (Å²) in [6.45, 7) is 0. The van der Waals surface area contributed by atoms with Crippen LogP contribution in [0.3, 0.4) is 0 Å². The molecule has 0 saturated heterocycles. The van der Waals surface area contributed by atoms with E-state index >= 15 is 0 Å². The summed E-state index contributed by atoms with van der Waals surface area (Å²) in [6.07, 6.45) is -19.5. The minimum absolute atomic E-state index is 2.06. The molecular weight excluding hydrogens is 313 g/mol. The van der Waals surface area contributed by atoms with E-state index in [9.17, 15) is 48.3 Å². The number of hydrogen-bond donors (Lipinski definition) is 1. The molecular formula is C6HF11S. The van der Waals surface area contributed by atoms with Crippen LogP contribution in [0.2, 0.25) is 0 Å². The standard InChI is InChI=1S/C6HF11S/c7-3(8,6(15,16)17)2(18)1(4(9,10)11)5(12,13)14/h18H. The SMILES string of the molecule is FC(F)(F)C(=C(S)C(F)(F)C(F)(F)F)C(F)(F)F. The van der Waals surface area contributed by atoms with E-state index in [1.807, 2.05) is 0 Å². The van der Waals surface area contributed by atoms with Crippen LogP contribution < -0.4 is 0 Å². The lowest BCUT2D eigenvalue weighted by Crippen LogP contribution is -2.41. The highest BCUT2D eigenvalue weighted by Crippen LogP contribution is 2.50. The maximum atomic E-state index is 12.4. The van der Waals surface area contributed by atoms with Gasteiger partial charge in [0.1, 0.15) is 0 Å². The van der Waals surface area contributed by atoms with Crippen molar-refractivity contribution in [2.75, 3.05) is 0 Å². The van der Waals surface area contributed by atoms with Crippen LogP contribution in [0.15, 0.2) is 10.5 Å². The van der Waals surface area contributed by atoms with Gasteiger partial charge in [0.05, 0.1) is 4.91 Å². The number of allylic oxidation sites excluding steroid dienone is 2. The molecule has 0 aromatic rings. The lowest BCUT2D eigenvalue weighted by atomic mass is 10.1. The van der Waals surface area contributed by atoms with Crippen LogP contribution in [0.5, 0.6) is 0 Å². The fraction of sp³-hybridized carbons (Fsp3) is 0.667. The molecule has 0 radical (unpaired) electrons. The first-order valence-corrected chi connectivity index (χ1v) is 4.00. The Morgan fingerprint density at radius 1 is 0.611 bits per heavy atom. The quantitative estimate of drug-likeness (QED) is 0.535. The molecule has 0 fully saturated rings. The Morgan fingerprint density at radius 2 is 0.889 bits per heavy atom. The number of halogens is 11. The Hall–Kier alpha value is -0.680. The van der Waals surface area contributed by atoms with Crippen LogP contribution >= 0.6 is 12.6 Å². The molecule has 0 rings (SSSR count). The first-order chi connectivity index (χ1) is 7.53. The summed E-state index contributed by atoms with van der Waals surface area (Å²) >= 11 is 2.06. The zero-order chi connectivity index (χ0) is 15.2. The molecule has 0 aliphatic carbocycles. The van der Waals surface area contributed by atoms with Crippen molar-refractivity contribution in [2.45, 2.75) is 24.5 Å². The van der Waals surface area contributed by atoms with Crippen molar-refractivity contribution >= 4 is 12.6 Å².